The van der Waals surface area contributed by atoms with E-state index in [1.54, 1.807) is 0 Å². The van der Waals surface area contributed by atoms with E-state index in [9.17, 15) is 22.4 Å². The van der Waals surface area contributed by atoms with E-state index in [-0.39, 0.29) is 37.9 Å². The summed E-state index contributed by atoms with van der Waals surface area (Å²) in [5.74, 6) is -1.41. The van der Waals surface area contributed by atoms with Crippen LogP contribution in [0.3, 0.4) is 0 Å². The van der Waals surface area contributed by atoms with Gasteiger partial charge in [0.2, 0.25) is 21.8 Å². The zero-order chi connectivity index (χ0) is 17.0. The maximum Gasteiger partial charge on any atom is 0.227 e. The van der Waals surface area contributed by atoms with Gasteiger partial charge in [-0.2, -0.15) is 0 Å². The van der Waals surface area contributed by atoms with Crippen molar-refractivity contribution in [2.45, 2.75) is 6.42 Å². The molecule has 1 aromatic carbocycles. The maximum absolute atomic E-state index is 12.9. The third-order valence-electron chi connectivity index (χ3n) is 3.42. The first-order valence-corrected chi connectivity index (χ1v) is 8.93. The van der Waals surface area contributed by atoms with Crippen molar-refractivity contribution >= 4 is 27.5 Å². The van der Waals surface area contributed by atoms with E-state index in [1.165, 1.54) is 29.2 Å². The number of carbonyl (C=O) groups excluding carboxylic acids is 2. The molecular weight excluding hydrogens is 325 g/mol. The lowest BCUT2D eigenvalue weighted by atomic mass is 10.1. The van der Waals surface area contributed by atoms with Gasteiger partial charge in [-0.15, -0.1) is 0 Å². The standard InChI is InChI=1S/C14H18FN3O4S/c1-23(21,22)17-7-6-16-14(20)10-8-13(19)18(9-10)12-4-2-11(15)3-5-12/h2-5,10,17H,6-9H2,1H3,(H,16,20). The molecule has 0 aromatic heterocycles. The van der Waals surface area contributed by atoms with E-state index in [0.29, 0.717) is 5.69 Å². The molecule has 1 aliphatic rings. The summed E-state index contributed by atoms with van der Waals surface area (Å²) in [6.45, 7) is 0.454. The van der Waals surface area contributed by atoms with E-state index in [1.807, 2.05) is 0 Å². The van der Waals surface area contributed by atoms with Crippen LogP contribution < -0.4 is 14.9 Å². The summed E-state index contributed by atoms with van der Waals surface area (Å²) in [6, 6.07) is 5.49. The fraction of sp³-hybridized carbons (Fsp3) is 0.429. The Morgan fingerprint density at radius 2 is 1.96 bits per heavy atom. The molecule has 0 aliphatic carbocycles. The largest absolute Gasteiger partial charge is 0.354 e. The van der Waals surface area contributed by atoms with Crippen LogP contribution in [0.4, 0.5) is 10.1 Å². The number of benzene rings is 1. The van der Waals surface area contributed by atoms with Crippen LogP contribution in [0.15, 0.2) is 24.3 Å². The van der Waals surface area contributed by atoms with Crippen molar-refractivity contribution in [2.24, 2.45) is 5.92 Å². The van der Waals surface area contributed by atoms with Gasteiger partial charge in [0.05, 0.1) is 12.2 Å². The Labute approximate surface area is 133 Å². The van der Waals surface area contributed by atoms with Gasteiger partial charge < -0.3 is 10.2 Å². The summed E-state index contributed by atoms with van der Waals surface area (Å²) in [5.41, 5.74) is 0.547. The van der Waals surface area contributed by atoms with Gasteiger partial charge in [0.15, 0.2) is 0 Å². The molecule has 23 heavy (non-hydrogen) atoms. The molecule has 2 N–H and O–H groups in total. The molecule has 1 unspecified atom stereocenters. The van der Waals surface area contributed by atoms with Gasteiger partial charge in [0.25, 0.3) is 0 Å². The zero-order valence-corrected chi connectivity index (χ0v) is 13.4. The van der Waals surface area contributed by atoms with Crippen molar-refractivity contribution in [3.05, 3.63) is 30.1 Å². The highest BCUT2D eigenvalue weighted by molar-refractivity contribution is 7.88. The molecule has 0 spiro atoms. The minimum Gasteiger partial charge on any atom is -0.354 e. The van der Waals surface area contributed by atoms with Crippen LogP contribution in [-0.2, 0) is 19.6 Å². The fourth-order valence-corrected chi connectivity index (χ4v) is 2.79. The Balaban J connectivity index is 1.86. The molecule has 1 heterocycles. The second-order valence-corrected chi connectivity index (χ2v) is 7.17. The van der Waals surface area contributed by atoms with Gasteiger partial charge in [-0.1, -0.05) is 0 Å². The Morgan fingerprint density at radius 3 is 2.57 bits per heavy atom. The first-order valence-electron chi connectivity index (χ1n) is 7.04. The first-order chi connectivity index (χ1) is 10.8. The second kappa shape index (κ2) is 7.05. The Hall–Kier alpha value is -2.00. The minimum atomic E-state index is -3.29. The lowest BCUT2D eigenvalue weighted by Gasteiger charge is -2.16. The highest BCUT2D eigenvalue weighted by Crippen LogP contribution is 2.25. The van der Waals surface area contributed by atoms with Crippen molar-refractivity contribution < 1.29 is 22.4 Å². The number of nitrogens with one attached hydrogen (secondary N) is 2. The third-order valence-corrected chi connectivity index (χ3v) is 4.15. The molecule has 2 amide bonds. The summed E-state index contributed by atoms with van der Waals surface area (Å²) in [4.78, 5) is 25.5. The van der Waals surface area contributed by atoms with Crippen LogP contribution in [0.5, 0.6) is 0 Å². The molecule has 1 fully saturated rings. The van der Waals surface area contributed by atoms with Crippen LogP contribution in [0.25, 0.3) is 0 Å². The summed E-state index contributed by atoms with van der Waals surface area (Å²) in [5, 5.41) is 2.59. The van der Waals surface area contributed by atoms with Crippen molar-refractivity contribution in [1.29, 1.82) is 0 Å². The molecule has 0 bridgehead atoms. The molecular formula is C14H18FN3O4S. The van der Waals surface area contributed by atoms with Crippen molar-refractivity contribution in [3.63, 3.8) is 0 Å². The Morgan fingerprint density at radius 1 is 1.30 bits per heavy atom. The topological polar surface area (TPSA) is 95.6 Å². The Bertz CT molecular complexity index is 690. The average Bonchev–Trinajstić information content (AvgIpc) is 2.85. The predicted molar refractivity (Wildman–Crippen MR) is 82.7 cm³/mol. The Kier molecular flexibility index (Phi) is 5.32. The van der Waals surface area contributed by atoms with Crippen molar-refractivity contribution in [2.75, 3.05) is 30.8 Å². The van der Waals surface area contributed by atoms with E-state index in [2.05, 4.69) is 10.0 Å². The summed E-state index contributed by atoms with van der Waals surface area (Å²) >= 11 is 0. The van der Waals surface area contributed by atoms with Gasteiger partial charge in [0.1, 0.15) is 5.82 Å². The van der Waals surface area contributed by atoms with Gasteiger partial charge in [0, 0.05) is 31.7 Å². The number of halogens is 1. The van der Waals surface area contributed by atoms with Gasteiger partial charge in [-0.25, -0.2) is 17.5 Å². The van der Waals surface area contributed by atoms with Crippen LogP contribution >= 0.6 is 0 Å². The molecule has 126 valence electrons. The molecule has 1 aliphatic heterocycles. The molecule has 2 rings (SSSR count). The molecule has 0 saturated carbocycles. The van der Waals surface area contributed by atoms with E-state index < -0.39 is 21.8 Å². The normalized spacial score (nSPS) is 18.3. The number of amides is 2. The lowest BCUT2D eigenvalue weighted by molar-refractivity contribution is -0.126. The zero-order valence-electron chi connectivity index (χ0n) is 12.6. The van der Waals surface area contributed by atoms with Crippen molar-refractivity contribution in [3.8, 4) is 0 Å². The smallest absolute Gasteiger partial charge is 0.227 e. The number of hydrogen-bond donors (Lipinski definition) is 2. The van der Waals surface area contributed by atoms with Gasteiger partial charge in [-0.05, 0) is 24.3 Å². The lowest BCUT2D eigenvalue weighted by Crippen LogP contribution is -2.38. The highest BCUT2D eigenvalue weighted by atomic mass is 32.2. The number of nitrogens with zero attached hydrogens (tertiary/aromatic N) is 1. The number of hydrogen-bond acceptors (Lipinski definition) is 4. The van der Waals surface area contributed by atoms with E-state index in [4.69, 9.17) is 0 Å². The van der Waals surface area contributed by atoms with Crippen LogP contribution in [-0.4, -0.2) is 46.1 Å². The van der Waals surface area contributed by atoms with Gasteiger partial charge >= 0.3 is 0 Å². The maximum atomic E-state index is 12.9. The quantitative estimate of drug-likeness (QED) is 0.702. The molecule has 1 atom stereocenters. The third kappa shape index (κ3) is 5.00. The SMILES string of the molecule is CS(=O)(=O)NCCNC(=O)C1CC(=O)N(c2ccc(F)cc2)C1. The molecule has 1 saturated heterocycles. The summed E-state index contributed by atoms with van der Waals surface area (Å²) < 4.78 is 37.0. The number of rotatable bonds is 6. The number of sulfonamides is 1. The van der Waals surface area contributed by atoms with Gasteiger partial charge in [-0.3, -0.25) is 9.59 Å². The van der Waals surface area contributed by atoms with E-state index in [0.717, 1.165) is 6.26 Å². The molecule has 0 radical (unpaired) electrons. The van der Waals surface area contributed by atoms with Crippen LogP contribution in [0.1, 0.15) is 6.42 Å². The highest BCUT2D eigenvalue weighted by Gasteiger charge is 2.34. The fourth-order valence-electron chi connectivity index (χ4n) is 2.32. The molecule has 7 nitrogen and oxygen atoms in total. The second-order valence-electron chi connectivity index (χ2n) is 5.34. The average molecular weight is 343 g/mol. The molecule has 1 aromatic rings. The van der Waals surface area contributed by atoms with Crippen molar-refractivity contribution in [1.82, 2.24) is 10.0 Å². The number of carbonyl (C=O) groups is 2. The summed E-state index contributed by atoms with van der Waals surface area (Å²) in [6.07, 6.45) is 1.10. The minimum absolute atomic E-state index is 0.0721. The van der Waals surface area contributed by atoms with Crippen LogP contribution in [0.2, 0.25) is 0 Å². The molecule has 9 heteroatoms. The predicted octanol–water partition coefficient (Wildman–Crippen LogP) is -0.156. The summed E-state index contributed by atoms with van der Waals surface area (Å²) in [7, 11) is -3.29. The van der Waals surface area contributed by atoms with Crippen LogP contribution in [0, 0.1) is 11.7 Å². The monoisotopic (exact) mass is 343 g/mol. The van der Waals surface area contributed by atoms with E-state index >= 15 is 0 Å². The number of anilines is 1. The first kappa shape index (κ1) is 17.4.